The quantitative estimate of drug-likeness (QED) is 0.0405. The number of aromatic nitrogens is 8. The molecule has 13 rings (SSSR count). The highest BCUT2D eigenvalue weighted by Crippen LogP contribution is 2.45. The van der Waals surface area contributed by atoms with E-state index in [0.717, 1.165) is 137 Å². The minimum atomic E-state index is 0.417. The summed E-state index contributed by atoms with van der Waals surface area (Å²) in [5.41, 5.74) is 18.5. The van der Waals surface area contributed by atoms with Gasteiger partial charge in [-0.15, -0.1) is 0 Å². The normalized spacial score (nSPS) is 12.4. The summed E-state index contributed by atoms with van der Waals surface area (Å²) in [6.45, 7) is 8.43. The molecule has 0 spiro atoms. The first-order chi connectivity index (χ1) is 55.2. The Balaban J connectivity index is 1.09. The van der Waals surface area contributed by atoms with E-state index in [9.17, 15) is 0 Å². The fourth-order valence-electron chi connectivity index (χ4n) is 15.8. The van der Waals surface area contributed by atoms with Crippen LogP contribution in [0.25, 0.3) is 89.7 Å². The van der Waals surface area contributed by atoms with E-state index in [0.29, 0.717) is 121 Å². The van der Waals surface area contributed by atoms with Crippen molar-refractivity contribution in [2.45, 2.75) is 78.5 Å². The first-order valence-corrected chi connectivity index (χ1v) is 39.7. The van der Waals surface area contributed by atoms with Gasteiger partial charge < -0.3 is 87.7 Å². The number of ether oxygens (including phenoxy) is 4. The van der Waals surface area contributed by atoms with Crippen LogP contribution in [0.3, 0.4) is 0 Å². The molecule has 0 radical (unpaired) electrons. The second-order valence-electron chi connectivity index (χ2n) is 34.7. The molecular formula is C92H118N20O4. The highest BCUT2D eigenvalue weighted by atomic mass is 16.5. The number of aromatic amines is 2. The molecule has 3 aromatic heterocycles. The Morgan fingerprint density at radius 1 is 0.207 bits per heavy atom. The average molecular weight is 1570 g/mol. The second-order valence-corrected chi connectivity index (χ2v) is 34.7. The van der Waals surface area contributed by atoms with Crippen LogP contribution in [0.4, 0.5) is 0 Å². The first kappa shape index (κ1) is 83.8. The molecule has 610 valence electrons. The fraction of sp³-hybridized carbons (Fsp3) is 0.391. The molecule has 11 aromatic rings. The van der Waals surface area contributed by atoms with E-state index in [1.165, 1.54) is 22.3 Å². The highest BCUT2D eigenvalue weighted by molar-refractivity contribution is 6.07. The lowest BCUT2D eigenvalue weighted by Gasteiger charge is -2.23. The fourth-order valence-corrected chi connectivity index (χ4v) is 15.8. The summed E-state index contributed by atoms with van der Waals surface area (Å²) < 4.78 is 29.2. The number of hydrogen-bond donors (Lipinski definition) is 2. The molecule has 0 saturated carbocycles. The van der Waals surface area contributed by atoms with Gasteiger partial charge in [0.15, 0.2) is 23.3 Å². The van der Waals surface area contributed by atoms with Gasteiger partial charge in [0.25, 0.3) is 0 Å². The third-order valence-corrected chi connectivity index (χ3v) is 19.7. The lowest BCUT2D eigenvalue weighted by atomic mass is 10.0. The molecule has 0 aliphatic carbocycles. The van der Waals surface area contributed by atoms with E-state index < -0.39 is 0 Å². The summed E-state index contributed by atoms with van der Waals surface area (Å²) in [5.74, 6) is 7.42. The Labute approximate surface area is 685 Å². The van der Waals surface area contributed by atoms with Crippen molar-refractivity contribution in [2.75, 3.05) is 169 Å². The Morgan fingerprint density at radius 3 is 0.629 bits per heavy atom. The number of rotatable bonds is 32. The van der Waals surface area contributed by atoms with Gasteiger partial charge in [0.2, 0.25) is 0 Å². The minimum absolute atomic E-state index is 0.417. The number of nitrogens with zero attached hydrogens (tertiary/aromatic N) is 18. The van der Waals surface area contributed by atoms with Gasteiger partial charge in [-0.25, -0.2) is 29.9 Å². The third kappa shape index (κ3) is 20.1. The van der Waals surface area contributed by atoms with Gasteiger partial charge in [0, 0.05) is 167 Å². The molecule has 8 aromatic carbocycles. The summed E-state index contributed by atoms with van der Waals surface area (Å²) in [6, 6.07) is 42.7. The van der Waals surface area contributed by atoms with Crippen molar-refractivity contribution in [3.05, 3.63) is 188 Å². The van der Waals surface area contributed by atoms with Crippen LogP contribution in [0.2, 0.25) is 0 Å². The maximum Gasteiger partial charge on any atom is 0.164 e. The molecule has 2 N–H and O–H groups in total. The Morgan fingerprint density at radius 2 is 0.405 bits per heavy atom. The molecule has 5 heterocycles. The predicted molar refractivity (Wildman–Crippen MR) is 471 cm³/mol. The van der Waals surface area contributed by atoms with Gasteiger partial charge in [-0.3, -0.25) is 0 Å². The van der Waals surface area contributed by atoms with Crippen molar-refractivity contribution >= 4 is 44.1 Å². The Hall–Kier alpha value is -10.2. The number of fused-ring (bicyclic) bond motifs is 20. The number of hydrogen-bond acceptors (Lipinski definition) is 22. The monoisotopic (exact) mass is 1570 g/mol. The second kappa shape index (κ2) is 35.7. The zero-order chi connectivity index (χ0) is 82.8. The van der Waals surface area contributed by atoms with Crippen LogP contribution in [0.1, 0.15) is 66.8 Å². The van der Waals surface area contributed by atoms with Gasteiger partial charge in [0.05, 0.1) is 0 Å². The summed E-state index contributed by atoms with van der Waals surface area (Å²) in [7, 11) is 50.3. The molecule has 0 fully saturated rings. The number of nitrogens with one attached hydrogen (secondary N) is 2. The number of benzene rings is 8. The van der Waals surface area contributed by atoms with Gasteiger partial charge in [-0.2, -0.15) is 0 Å². The zero-order valence-corrected chi connectivity index (χ0v) is 72.7. The molecule has 2 aliphatic rings. The van der Waals surface area contributed by atoms with Gasteiger partial charge in [0.1, 0.15) is 68.6 Å². The highest BCUT2D eigenvalue weighted by Gasteiger charge is 2.28. The van der Waals surface area contributed by atoms with Crippen LogP contribution in [0.15, 0.2) is 121 Å². The zero-order valence-electron chi connectivity index (χ0n) is 72.7. The largest absolute Gasteiger partial charge is 0.457 e. The third-order valence-electron chi connectivity index (χ3n) is 19.7. The standard InChI is InChI=1S/C92H118N20O4/c1-101(2)45-57-33-61(49-105(9)10)81(62(34-57)50-106(11)12)113-69-25-29-73-77(41-69)89-93-85(73)98-90-79-43-71(115-83-65(53-109(17)18)37-59(47-103(5)6)38-66(83)54-110(19)20)27-31-75(79)87(95-90)100-92-80-44-72(116-84-67(55-111(21)22)39-60(48-104(7)8)40-68(84)56-112(23)24)28-32-76(80)88(96-92)99-91-78-42-70(26-30-74(78)86(94-91)97-89)114-82-63(51-107(13)14)35-58(46-102(3)4)36-64(82)52-108(15)16/h25-44H,45-56H2,1-24H3,(H2,93,94,95,96,97,98,99,100). The lowest BCUT2D eigenvalue weighted by Crippen LogP contribution is -2.17. The SMILES string of the molecule is CN(C)Cc1cc(CN(C)C)c(Oc2ccc3c(c2)-c2nc-3nc3[nH]c(nc4nc(nc5[nH]c(n2)c2ccc(Oc6c(CN(C)C)cc(CN(C)C)cc6CN(C)C)cc52)-c2ccc(Oc5c(CN(C)C)cc(CN(C)C)cc5CN(C)C)cc2-4)c2ccc(Oc4c(CN(C)C)cc(CN(C)C)cc4CN(C)C)cc32)c(CN(C)C)c1. The molecule has 24 nitrogen and oxygen atoms in total. The van der Waals surface area contributed by atoms with Crippen LogP contribution < -0.4 is 18.9 Å². The van der Waals surface area contributed by atoms with Crippen LogP contribution in [0, 0.1) is 0 Å². The summed E-state index contributed by atoms with van der Waals surface area (Å²) >= 11 is 0. The van der Waals surface area contributed by atoms with Crippen molar-refractivity contribution in [3.63, 3.8) is 0 Å². The molecule has 0 amide bonds. The van der Waals surface area contributed by atoms with E-state index in [1.54, 1.807) is 0 Å². The van der Waals surface area contributed by atoms with E-state index in [1.807, 2.05) is 24.3 Å². The van der Waals surface area contributed by atoms with E-state index >= 15 is 0 Å². The van der Waals surface area contributed by atoms with Crippen LogP contribution in [-0.2, 0) is 78.5 Å². The van der Waals surface area contributed by atoms with Crippen LogP contribution >= 0.6 is 0 Å². The molecule has 116 heavy (non-hydrogen) atoms. The minimum Gasteiger partial charge on any atom is -0.457 e. The maximum atomic E-state index is 7.29. The van der Waals surface area contributed by atoms with Gasteiger partial charge in [-0.05, 0) is 313 Å². The number of H-pyrrole nitrogens is 2. The van der Waals surface area contributed by atoms with Crippen molar-refractivity contribution in [1.82, 2.24) is 98.7 Å². The van der Waals surface area contributed by atoms with E-state index in [2.05, 4.69) is 335 Å². The smallest absolute Gasteiger partial charge is 0.164 e. The van der Waals surface area contributed by atoms with Crippen molar-refractivity contribution in [3.8, 4) is 91.5 Å². The van der Waals surface area contributed by atoms with Crippen LogP contribution in [-0.4, -0.2) is 268 Å². The summed E-state index contributed by atoms with van der Waals surface area (Å²) in [4.78, 5) is 67.4. The molecule has 8 bridgehead atoms. The molecule has 24 heteroatoms. The first-order valence-electron chi connectivity index (χ1n) is 39.7. The van der Waals surface area contributed by atoms with Crippen molar-refractivity contribution in [1.29, 1.82) is 0 Å². The topological polar surface area (TPSA) is 185 Å². The van der Waals surface area contributed by atoms with Crippen LogP contribution in [0.5, 0.6) is 46.0 Å². The Kier molecular flexibility index (Phi) is 25.8. The Bertz CT molecular complexity index is 5130. The van der Waals surface area contributed by atoms with Crippen molar-refractivity contribution < 1.29 is 18.9 Å². The lowest BCUT2D eigenvalue weighted by molar-refractivity contribution is 0.369. The van der Waals surface area contributed by atoms with Gasteiger partial charge in [-0.1, -0.05) is 0 Å². The molecule has 0 unspecified atom stereocenters. The molecule has 2 aliphatic heterocycles. The molecular weight excluding hydrogens is 1450 g/mol. The van der Waals surface area contributed by atoms with E-state index in [4.69, 9.17) is 48.9 Å². The predicted octanol–water partition coefficient (Wildman–Crippen LogP) is 14.8. The molecule has 0 saturated heterocycles. The average Bonchev–Trinajstić information content (AvgIpc) is 1.59. The summed E-state index contributed by atoms with van der Waals surface area (Å²) in [6.07, 6.45) is 0. The maximum absolute atomic E-state index is 7.29. The van der Waals surface area contributed by atoms with Gasteiger partial charge >= 0.3 is 0 Å². The van der Waals surface area contributed by atoms with E-state index in [-0.39, 0.29) is 0 Å². The summed E-state index contributed by atoms with van der Waals surface area (Å²) in [5, 5.41) is 3.06. The van der Waals surface area contributed by atoms with Crippen molar-refractivity contribution in [2.24, 2.45) is 0 Å². The molecule has 0 atom stereocenters.